The molecule has 0 saturated heterocycles. The molecule has 2 aromatic carbocycles. The van der Waals surface area contributed by atoms with Crippen LogP contribution in [-0.4, -0.2) is 31.2 Å². The molecule has 0 saturated carbocycles. The highest BCUT2D eigenvalue weighted by molar-refractivity contribution is 5.94. The molecule has 0 aliphatic heterocycles. The lowest BCUT2D eigenvalue weighted by Gasteiger charge is -2.15. The first-order chi connectivity index (χ1) is 11.6. The SMILES string of the molecule is COc1ccc(C(=O)NCCNC(C)c2cccc(CO)c2)cc1. The number of carbonyl (C=O) groups excluding carboxylic acids is 1. The number of carbonyl (C=O) groups is 1. The van der Waals surface area contributed by atoms with Gasteiger partial charge in [-0.05, 0) is 42.3 Å². The van der Waals surface area contributed by atoms with Gasteiger partial charge < -0.3 is 20.5 Å². The normalized spacial score (nSPS) is 11.8. The van der Waals surface area contributed by atoms with Crippen LogP contribution in [0.25, 0.3) is 0 Å². The molecular weight excluding hydrogens is 304 g/mol. The number of aliphatic hydroxyl groups is 1. The van der Waals surface area contributed by atoms with Crippen molar-refractivity contribution >= 4 is 5.91 Å². The number of hydrogen-bond donors (Lipinski definition) is 3. The fourth-order valence-corrected chi connectivity index (χ4v) is 2.39. The van der Waals surface area contributed by atoms with Crippen LogP contribution in [0, 0.1) is 0 Å². The van der Waals surface area contributed by atoms with Gasteiger partial charge in [-0.25, -0.2) is 0 Å². The van der Waals surface area contributed by atoms with Crippen LogP contribution in [0.5, 0.6) is 5.75 Å². The lowest BCUT2D eigenvalue weighted by Crippen LogP contribution is -2.32. The van der Waals surface area contributed by atoms with Crippen molar-refractivity contribution < 1.29 is 14.6 Å². The molecule has 2 rings (SSSR count). The van der Waals surface area contributed by atoms with Crippen molar-refractivity contribution in [3.05, 3.63) is 65.2 Å². The predicted octanol–water partition coefficient (Wildman–Crippen LogP) is 2.27. The van der Waals surface area contributed by atoms with Crippen LogP contribution in [0.4, 0.5) is 0 Å². The minimum atomic E-state index is -0.102. The summed E-state index contributed by atoms with van der Waals surface area (Å²) in [4.78, 5) is 12.0. The number of nitrogens with one attached hydrogen (secondary N) is 2. The smallest absolute Gasteiger partial charge is 0.251 e. The zero-order valence-corrected chi connectivity index (χ0v) is 14.1. The van der Waals surface area contributed by atoms with Gasteiger partial charge in [0.05, 0.1) is 13.7 Å². The number of hydrogen-bond acceptors (Lipinski definition) is 4. The Balaban J connectivity index is 1.76. The van der Waals surface area contributed by atoms with Gasteiger partial charge >= 0.3 is 0 Å². The highest BCUT2D eigenvalue weighted by Gasteiger charge is 2.07. The van der Waals surface area contributed by atoms with Crippen molar-refractivity contribution in [2.45, 2.75) is 19.6 Å². The molecule has 0 aliphatic rings. The maximum Gasteiger partial charge on any atom is 0.251 e. The zero-order chi connectivity index (χ0) is 17.4. The zero-order valence-electron chi connectivity index (χ0n) is 14.1. The van der Waals surface area contributed by atoms with E-state index in [0.717, 1.165) is 16.9 Å². The van der Waals surface area contributed by atoms with Crippen molar-refractivity contribution in [3.8, 4) is 5.75 Å². The van der Waals surface area contributed by atoms with Crippen LogP contribution >= 0.6 is 0 Å². The Labute approximate surface area is 142 Å². The predicted molar refractivity (Wildman–Crippen MR) is 94.1 cm³/mol. The summed E-state index contributed by atoms with van der Waals surface area (Å²) in [6, 6.07) is 15.0. The van der Waals surface area contributed by atoms with Gasteiger partial charge in [0.1, 0.15) is 5.75 Å². The van der Waals surface area contributed by atoms with Crippen molar-refractivity contribution in [1.82, 2.24) is 10.6 Å². The molecule has 2 aromatic rings. The third-order valence-corrected chi connectivity index (χ3v) is 3.85. The minimum Gasteiger partial charge on any atom is -0.497 e. The van der Waals surface area contributed by atoms with Gasteiger partial charge in [0.2, 0.25) is 0 Å². The van der Waals surface area contributed by atoms with Crippen LogP contribution in [-0.2, 0) is 6.61 Å². The van der Waals surface area contributed by atoms with Gasteiger partial charge in [-0.3, -0.25) is 4.79 Å². The lowest BCUT2D eigenvalue weighted by molar-refractivity contribution is 0.0953. The maximum absolute atomic E-state index is 12.0. The third kappa shape index (κ3) is 5.08. The van der Waals surface area contributed by atoms with E-state index in [4.69, 9.17) is 4.74 Å². The average molecular weight is 328 g/mol. The van der Waals surface area contributed by atoms with Gasteiger partial charge in [-0.15, -0.1) is 0 Å². The summed E-state index contributed by atoms with van der Waals surface area (Å²) >= 11 is 0. The summed E-state index contributed by atoms with van der Waals surface area (Å²) in [6.45, 7) is 3.29. The van der Waals surface area contributed by atoms with E-state index in [9.17, 15) is 9.90 Å². The molecule has 1 unspecified atom stereocenters. The summed E-state index contributed by atoms with van der Waals surface area (Å²) in [5.74, 6) is 0.626. The number of rotatable bonds is 8. The molecule has 5 heteroatoms. The molecule has 3 N–H and O–H groups in total. The number of aliphatic hydroxyl groups excluding tert-OH is 1. The summed E-state index contributed by atoms with van der Waals surface area (Å²) in [6.07, 6.45) is 0. The first kappa shape index (κ1) is 18.0. The average Bonchev–Trinajstić information content (AvgIpc) is 2.65. The second-order valence-corrected chi connectivity index (χ2v) is 5.56. The Bertz CT molecular complexity index is 656. The van der Waals surface area contributed by atoms with Gasteiger partial charge in [0.25, 0.3) is 5.91 Å². The number of ether oxygens (including phenoxy) is 1. The summed E-state index contributed by atoms with van der Waals surface area (Å²) in [5, 5.41) is 15.4. The molecule has 1 amide bonds. The Morgan fingerprint density at radius 1 is 1.17 bits per heavy atom. The standard InChI is InChI=1S/C19H24N2O3/c1-14(17-5-3-4-15(12-17)13-22)20-10-11-21-19(23)16-6-8-18(24-2)9-7-16/h3-9,12,14,20,22H,10-11,13H2,1-2H3,(H,21,23). The fourth-order valence-electron chi connectivity index (χ4n) is 2.39. The van der Waals surface area contributed by atoms with Crippen LogP contribution in [0.2, 0.25) is 0 Å². The number of benzene rings is 2. The molecule has 24 heavy (non-hydrogen) atoms. The second-order valence-electron chi connectivity index (χ2n) is 5.56. The molecule has 1 atom stereocenters. The van der Waals surface area contributed by atoms with Crippen molar-refractivity contribution in [2.24, 2.45) is 0 Å². The van der Waals surface area contributed by atoms with E-state index in [1.165, 1.54) is 0 Å². The lowest BCUT2D eigenvalue weighted by atomic mass is 10.1. The molecule has 0 aromatic heterocycles. The van der Waals surface area contributed by atoms with E-state index in [2.05, 4.69) is 17.6 Å². The van der Waals surface area contributed by atoms with E-state index in [1.807, 2.05) is 24.3 Å². The molecule has 0 fully saturated rings. The van der Waals surface area contributed by atoms with E-state index in [0.29, 0.717) is 18.7 Å². The monoisotopic (exact) mass is 328 g/mol. The minimum absolute atomic E-state index is 0.0402. The van der Waals surface area contributed by atoms with Gasteiger partial charge in [-0.1, -0.05) is 24.3 Å². The Hall–Kier alpha value is -2.37. The molecule has 0 aliphatic carbocycles. The Morgan fingerprint density at radius 3 is 2.58 bits per heavy atom. The quantitative estimate of drug-likeness (QED) is 0.650. The van der Waals surface area contributed by atoms with E-state index in [-0.39, 0.29) is 18.6 Å². The first-order valence-corrected chi connectivity index (χ1v) is 7.99. The molecule has 0 bridgehead atoms. The molecule has 5 nitrogen and oxygen atoms in total. The van der Waals surface area contributed by atoms with Crippen LogP contribution in [0.15, 0.2) is 48.5 Å². The third-order valence-electron chi connectivity index (χ3n) is 3.85. The molecule has 0 radical (unpaired) electrons. The summed E-state index contributed by atoms with van der Waals surface area (Å²) in [5.41, 5.74) is 2.62. The van der Waals surface area contributed by atoms with Crippen LogP contribution in [0.1, 0.15) is 34.5 Å². The maximum atomic E-state index is 12.0. The molecule has 0 spiro atoms. The van der Waals surface area contributed by atoms with Crippen molar-refractivity contribution in [3.63, 3.8) is 0 Å². The van der Waals surface area contributed by atoms with Gasteiger partial charge in [0.15, 0.2) is 0 Å². The topological polar surface area (TPSA) is 70.6 Å². The highest BCUT2D eigenvalue weighted by atomic mass is 16.5. The highest BCUT2D eigenvalue weighted by Crippen LogP contribution is 2.14. The van der Waals surface area contributed by atoms with Crippen LogP contribution < -0.4 is 15.4 Å². The number of methoxy groups -OCH3 is 1. The first-order valence-electron chi connectivity index (χ1n) is 7.99. The molecule has 0 heterocycles. The van der Waals surface area contributed by atoms with Crippen molar-refractivity contribution in [2.75, 3.05) is 20.2 Å². The summed E-state index contributed by atoms with van der Waals surface area (Å²) in [7, 11) is 1.60. The van der Waals surface area contributed by atoms with Crippen LogP contribution in [0.3, 0.4) is 0 Å². The fraction of sp³-hybridized carbons (Fsp3) is 0.316. The van der Waals surface area contributed by atoms with Gasteiger partial charge in [-0.2, -0.15) is 0 Å². The number of amides is 1. The Kier molecular flexibility index (Phi) is 6.78. The van der Waals surface area contributed by atoms with E-state index in [1.54, 1.807) is 31.4 Å². The van der Waals surface area contributed by atoms with Crippen molar-refractivity contribution in [1.29, 1.82) is 0 Å². The summed E-state index contributed by atoms with van der Waals surface area (Å²) < 4.78 is 5.07. The van der Waals surface area contributed by atoms with Gasteiger partial charge in [0, 0.05) is 24.7 Å². The van der Waals surface area contributed by atoms with E-state index < -0.39 is 0 Å². The molecular formula is C19H24N2O3. The van der Waals surface area contributed by atoms with E-state index >= 15 is 0 Å². The molecule has 128 valence electrons. The Morgan fingerprint density at radius 2 is 1.92 bits per heavy atom. The second kappa shape index (κ2) is 9.05. The largest absolute Gasteiger partial charge is 0.497 e.